The van der Waals surface area contributed by atoms with Crippen molar-refractivity contribution in [3.8, 4) is 0 Å². The average molecular weight is 259 g/mol. The fourth-order valence-electron chi connectivity index (χ4n) is 1.92. The molecular formula is C14H17N3O2. The highest BCUT2D eigenvalue weighted by Crippen LogP contribution is 2.15. The smallest absolute Gasteiger partial charge is 0.336 e. The van der Waals surface area contributed by atoms with Gasteiger partial charge in [-0.2, -0.15) is 5.10 Å². The number of nitrogens with one attached hydrogen (secondary N) is 1. The molecule has 5 nitrogen and oxygen atoms in total. The van der Waals surface area contributed by atoms with Crippen LogP contribution in [-0.4, -0.2) is 20.9 Å². The van der Waals surface area contributed by atoms with Gasteiger partial charge in [-0.25, -0.2) is 4.79 Å². The third-order valence-electron chi connectivity index (χ3n) is 2.96. The molecule has 0 aliphatic heterocycles. The van der Waals surface area contributed by atoms with Crippen molar-refractivity contribution in [1.82, 2.24) is 9.78 Å². The van der Waals surface area contributed by atoms with Crippen molar-refractivity contribution in [3.05, 3.63) is 47.2 Å². The van der Waals surface area contributed by atoms with Crippen LogP contribution in [0.15, 0.2) is 30.5 Å². The maximum Gasteiger partial charge on any atom is 0.336 e. The van der Waals surface area contributed by atoms with Crippen LogP contribution in [0.3, 0.4) is 0 Å². The highest BCUT2D eigenvalue weighted by molar-refractivity contribution is 5.89. The van der Waals surface area contributed by atoms with Gasteiger partial charge in [0.2, 0.25) is 0 Å². The third-order valence-corrected chi connectivity index (χ3v) is 2.96. The third kappa shape index (κ3) is 2.93. The molecule has 0 bridgehead atoms. The molecule has 0 amide bonds. The van der Waals surface area contributed by atoms with E-state index in [9.17, 15) is 4.79 Å². The summed E-state index contributed by atoms with van der Waals surface area (Å²) in [6.07, 6.45) is 1.96. The largest absolute Gasteiger partial charge is 0.478 e. The van der Waals surface area contributed by atoms with E-state index in [0.717, 1.165) is 23.5 Å². The Labute approximate surface area is 111 Å². The summed E-state index contributed by atoms with van der Waals surface area (Å²) in [4.78, 5) is 11.1. The summed E-state index contributed by atoms with van der Waals surface area (Å²) in [5.41, 5.74) is 2.12. The van der Waals surface area contributed by atoms with Crippen molar-refractivity contribution in [3.63, 3.8) is 0 Å². The van der Waals surface area contributed by atoms with Crippen molar-refractivity contribution in [1.29, 1.82) is 0 Å². The van der Waals surface area contributed by atoms with E-state index in [1.54, 1.807) is 12.1 Å². The van der Waals surface area contributed by atoms with Gasteiger partial charge in [-0.05, 0) is 25.5 Å². The number of aryl methyl sites for hydroxylation is 2. The normalized spacial score (nSPS) is 10.4. The molecule has 0 unspecified atom stereocenters. The molecule has 2 aromatic rings. The molecule has 1 aromatic carbocycles. The van der Waals surface area contributed by atoms with Gasteiger partial charge in [0, 0.05) is 24.8 Å². The number of aromatic nitrogens is 2. The van der Waals surface area contributed by atoms with Gasteiger partial charge in [0.1, 0.15) is 0 Å². The Bertz CT molecular complexity index is 590. The first-order valence-corrected chi connectivity index (χ1v) is 6.21. The number of hydrogen-bond acceptors (Lipinski definition) is 3. The molecule has 0 radical (unpaired) electrons. The first-order valence-electron chi connectivity index (χ1n) is 6.21. The second-order valence-electron chi connectivity index (χ2n) is 4.33. The number of nitrogens with zero attached hydrogens (tertiary/aromatic N) is 2. The zero-order chi connectivity index (χ0) is 13.8. The lowest BCUT2D eigenvalue weighted by Crippen LogP contribution is -2.08. The summed E-state index contributed by atoms with van der Waals surface area (Å²) >= 11 is 0. The van der Waals surface area contributed by atoms with Gasteiger partial charge < -0.3 is 10.4 Å². The summed E-state index contributed by atoms with van der Waals surface area (Å²) in [6, 6.07) is 6.98. The van der Waals surface area contributed by atoms with E-state index in [2.05, 4.69) is 10.4 Å². The molecule has 0 saturated carbocycles. The quantitative estimate of drug-likeness (QED) is 0.865. The van der Waals surface area contributed by atoms with Gasteiger partial charge >= 0.3 is 5.97 Å². The lowest BCUT2D eigenvalue weighted by Gasteiger charge is -2.07. The van der Waals surface area contributed by atoms with E-state index in [1.807, 2.05) is 36.9 Å². The molecule has 5 heteroatoms. The van der Waals surface area contributed by atoms with Crippen molar-refractivity contribution >= 4 is 11.8 Å². The molecule has 0 spiro atoms. The van der Waals surface area contributed by atoms with Crippen molar-refractivity contribution in [2.75, 3.05) is 5.32 Å². The monoisotopic (exact) mass is 259 g/mol. The van der Waals surface area contributed by atoms with Crippen molar-refractivity contribution in [2.45, 2.75) is 26.9 Å². The number of anilines is 1. The van der Waals surface area contributed by atoms with Crippen LogP contribution in [0.4, 0.5) is 5.82 Å². The predicted molar refractivity (Wildman–Crippen MR) is 73.4 cm³/mol. The summed E-state index contributed by atoms with van der Waals surface area (Å²) < 4.78 is 1.85. The van der Waals surface area contributed by atoms with Crippen LogP contribution < -0.4 is 5.32 Å². The molecule has 0 saturated heterocycles. The molecule has 2 N–H and O–H groups in total. The lowest BCUT2D eigenvalue weighted by atomic mass is 10.1. The van der Waals surface area contributed by atoms with Gasteiger partial charge in [-0.3, -0.25) is 4.68 Å². The topological polar surface area (TPSA) is 67.2 Å². The summed E-state index contributed by atoms with van der Waals surface area (Å²) in [5, 5.41) is 16.7. The predicted octanol–water partition coefficient (Wildman–Crippen LogP) is 2.52. The van der Waals surface area contributed by atoms with Crippen LogP contribution in [0, 0.1) is 6.92 Å². The number of rotatable bonds is 5. The van der Waals surface area contributed by atoms with Gasteiger partial charge in [0.05, 0.1) is 5.56 Å². The van der Waals surface area contributed by atoms with Crippen LogP contribution in [-0.2, 0) is 13.1 Å². The SMILES string of the molecule is CCn1cc(C)c(NCc2ccccc2C(=O)O)n1. The van der Waals surface area contributed by atoms with Crippen LogP contribution in [0.5, 0.6) is 0 Å². The summed E-state index contributed by atoms with van der Waals surface area (Å²) in [6.45, 7) is 5.26. The van der Waals surface area contributed by atoms with Crippen LogP contribution >= 0.6 is 0 Å². The second kappa shape index (κ2) is 5.56. The van der Waals surface area contributed by atoms with E-state index < -0.39 is 5.97 Å². The van der Waals surface area contributed by atoms with Gasteiger partial charge in [-0.15, -0.1) is 0 Å². The minimum atomic E-state index is -0.909. The Balaban J connectivity index is 2.14. The van der Waals surface area contributed by atoms with Crippen LogP contribution in [0.25, 0.3) is 0 Å². The molecule has 2 rings (SSSR count). The molecule has 19 heavy (non-hydrogen) atoms. The molecular weight excluding hydrogens is 242 g/mol. The standard InChI is InChI=1S/C14H17N3O2/c1-3-17-9-10(2)13(16-17)15-8-11-6-4-5-7-12(11)14(18)19/h4-7,9H,3,8H2,1-2H3,(H,15,16)(H,18,19). The Morgan fingerprint density at radius 1 is 1.42 bits per heavy atom. The minimum absolute atomic E-state index is 0.322. The molecule has 100 valence electrons. The van der Waals surface area contributed by atoms with Crippen LogP contribution in [0.1, 0.15) is 28.4 Å². The number of hydrogen-bond donors (Lipinski definition) is 2. The molecule has 0 aliphatic rings. The average Bonchev–Trinajstić information content (AvgIpc) is 2.77. The van der Waals surface area contributed by atoms with Gasteiger partial charge in [-0.1, -0.05) is 18.2 Å². The van der Waals surface area contributed by atoms with Gasteiger partial charge in [0.25, 0.3) is 0 Å². The Kier molecular flexibility index (Phi) is 3.85. The summed E-state index contributed by atoms with van der Waals surface area (Å²) in [5.74, 6) is -0.116. The molecule has 1 aromatic heterocycles. The molecule has 1 heterocycles. The highest BCUT2D eigenvalue weighted by atomic mass is 16.4. The number of aromatic carboxylic acids is 1. The Morgan fingerprint density at radius 2 is 2.16 bits per heavy atom. The maximum atomic E-state index is 11.1. The zero-order valence-electron chi connectivity index (χ0n) is 11.1. The van der Waals surface area contributed by atoms with E-state index >= 15 is 0 Å². The Morgan fingerprint density at radius 3 is 2.79 bits per heavy atom. The maximum absolute atomic E-state index is 11.1. The molecule has 0 fully saturated rings. The minimum Gasteiger partial charge on any atom is -0.478 e. The van der Waals surface area contributed by atoms with E-state index in [1.165, 1.54) is 0 Å². The number of carbonyl (C=O) groups is 1. The number of carboxylic acids is 1. The fraction of sp³-hybridized carbons (Fsp3) is 0.286. The number of carboxylic acid groups (broad SMARTS) is 1. The second-order valence-corrected chi connectivity index (χ2v) is 4.33. The fourth-order valence-corrected chi connectivity index (χ4v) is 1.92. The summed E-state index contributed by atoms with van der Waals surface area (Å²) in [7, 11) is 0. The number of benzene rings is 1. The molecule has 0 aliphatic carbocycles. The van der Waals surface area contributed by atoms with Crippen molar-refractivity contribution in [2.24, 2.45) is 0 Å². The molecule has 0 atom stereocenters. The van der Waals surface area contributed by atoms with Crippen LogP contribution in [0.2, 0.25) is 0 Å². The van der Waals surface area contributed by atoms with E-state index in [-0.39, 0.29) is 0 Å². The lowest BCUT2D eigenvalue weighted by molar-refractivity contribution is 0.0696. The van der Waals surface area contributed by atoms with Crippen molar-refractivity contribution < 1.29 is 9.90 Å². The first kappa shape index (κ1) is 13.1. The van der Waals surface area contributed by atoms with E-state index in [0.29, 0.717) is 12.1 Å². The zero-order valence-corrected chi connectivity index (χ0v) is 11.1. The highest BCUT2D eigenvalue weighted by Gasteiger charge is 2.10. The van der Waals surface area contributed by atoms with Gasteiger partial charge in [0.15, 0.2) is 5.82 Å². The van der Waals surface area contributed by atoms with E-state index in [4.69, 9.17) is 5.11 Å². The first-order chi connectivity index (χ1) is 9.11. The Hall–Kier alpha value is -2.30.